The van der Waals surface area contributed by atoms with E-state index in [1.165, 1.54) is 0 Å². The molecule has 0 aliphatic carbocycles. The second-order valence-electron chi connectivity index (χ2n) is 1.32. The average molecular weight is 240 g/mol. The van der Waals surface area contributed by atoms with Crippen molar-refractivity contribution in [3.63, 3.8) is 0 Å². The summed E-state index contributed by atoms with van der Waals surface area (Å²) in [6, 6.07) is 0. The van der Waals surface area contributed by atoms with Crippen molar-refractivity contribution in [3.8, 4) is 0 Å². The summed E-state index contributed by atoms with van der Waals surface area (Å²) in [6.07, 6.45) is 5.55. The third-order valence-corrected chi connectivity index (χ3v) is 1.99. The van der Waals surface area contributed by atoms with Crippen LogP contribution in [0.15, 0.2) is 18.7 Å². The molecule has 0 aromatic carbocycles. The fourth-order valence-electron chi connectivity index (χ4n) is 0.419. The molecule has 0 N–H and O–H groups in total. The third-order valence-electron chi connectivity index (χ3n) is 0.757. The van der Waals surface area contributed by atoms with Gasteiger partial charge in [0.25, 0.3) is 0 Å². The standard InChI is InChI=1S/C4H5IN2S/c5-8-4-7-2-1-6-3-7/h1-3H,4H2. The Morgan fingerprint density at radius 1 is 1.75 bits per heavy atom. The highest BCUT2D eigenvalue weighted by molar-refractivity contribution is 14.2. The van der Waals surface area contributed by atoms with Gasteiger partial charge in [-0.05, 0) is 21.2 Å². The number of halogens is 1. The molecule has 0 aliphatic rings. The molecule has 0 saturated carbocycles. The SMILES string of the molecule is ISCn1ccnc1. The van der Waals surface area contributed by atoms with Crippen LogP contribution in [0, 0.1) is 0 Å². The van der Waals surface area contributed by atoms with Crippen LogP contribution in [0.3, 0.4) is 0 Å². The normalized spacial score (nSPS) is 9.62. The molecule has 1 rings (SSSR count). The van der Waals surface area contributed by atoms with E-state index in [1.807, 2.05) is 17.1 Å². The van der Waals surface area contributed by atoms with Gasteiger partial charge in [0.05, 0.1) is 12.2 Å². The lowest BCUT2D eigenvalue weighted by molar-refractivity contribution is 0.894. The molecule has 2 nitrogen and oxygen atoms in total. The number of aromatic nitrogens is 2. The first-order valence-electron chi connectivity index (χ1n) is 2.13. The minimum absolute atomic E-state index is 0.987. The predicted molar refractivity (Wildman–Crippen MR) is 43.8 cm³/mol. The molecule has 4 heteroatoms. The Kier molecular flexibility index (Phi) is 2.68. The highest BCUT2D eigenvalue weighted by Gasteiger charge is 1.83. The Labute approximate surface area is 64.3 Å². The van der Waals surface area contributed by atoms with Gasteiger partial charge in [0, 0.05) is 12.4 Å². The molecular formula is C4H5IN2S. The quantitative estimate of drug-likeness (QED) is 0.735. The second kappa shape index (κ2) is 3.34. The summed E-state index contributed by atoms with van der Waals surface area (Å²) < 4.78 is 2.02. The van der Waals surface area contributed by atoms with Crippen LogP contribution in [0.25, 0.3) is 0 Å². The lowest BCUT2D eigenvalue weighted by atomic mass is 10.9. The molecule has 44 valence electrons. The van der Waals surface area contributed by atoms with Gasteiger partial charge in [-0.1, -0.05) is 8.93 Å². The van der Waals surface area contributed by atoms with Gasteiger partial charge in [0.2, 0.25) is 0 Å². The summed E-state index contributed by atoms with van der Waals surface area (Å²) in [4.78, 5) is 3.89. The van der Waals surface area contributed by atoms with Gasteiger partial charge < -0.3 is 4.57 Å². The summed E-state index contributed by atoms with van der Waals surface area (Å²) in [5.41, 5.74) is 0. The molecule has 1 aromatic rings. The van der Waals surface area contributed by atoms with Crippen molar-refractivity contribution in [2.24, 2.45) is 0 Å². The highest BCUT2D eigenvalue weighted by atomic mass is 127. The molecule has 1 aromatic heterocycles. The van der Waals surface area contributed by atoms with Gasteiger partial charge in [0.15, 0.2) is 0 Å². The highest BCUT2D eigenvalue weighted by Crippen LogP contribution is 2.12. The molecule has 0 atom stereocenters. The van der Waals surface area contributed by atoms with E-state index >= 15 is 0 Å². The Hall–Kier alpha value is 0.290. The molecule has 0 saturated heterocycles. The van der Waals surface area contributed by atoms with E-state index in [0.29, 0.717) is 0 Å². The molecule has 0 radical (unpaired) electrons. The molecule has 1 heterocycles. The van der Waals surface area contributed by atoms with Crippen molar-refractivity contribution >= 4 is 30.1 Å². The van der Waals surface area contributed by atoms with Crippen LogP contribution in [0.2, 0.25) is 0 Å². The van der Waals surface area contributed by atoms with Crippen LogP contribution in [0.4, 0.5) is 0 Å². The first-order valence-corrected chi connectivity index (χ1v) is 5.65. The lowest BCUT2D eigenvalue weighted by Crippen LogP contribution is -1.85. The summed E-state index contributed by atoms with van der Waals surface area (Å²) >= 11 is 2.26. The average Bonchev–Trinajstić information content (AvgIpc) is 2.19. The maximum absolute atomic E-state index is 3.89. The fraction of sp³-hybridized carbons (Fsp3) is 0.250. The van der Waals surface area contributed by atoms with E-state index < -0.39 is 0 Å². The third kappa shape index (κ3) is 1.66. The van der Waals surface area contributed by atoms with Gasteiger partial charge in [-0.25, -0.2) is 4.98 Å². The number of imidazole rings is 1. The van der Waals surface area contributed by atoms with Gasteiger partial charge in [-0.2, -0.15) is 0 Å². The van der Waals surface area contributed by atoms with E-state index in [0.717, 1.165) is 5.88 Å². The summed E-state index contributed by atoms with van der Waals surface area (Å²) in [5, 5.41) is 0. The molecule has 0 unspecified atom stereocenters. The maximum Gasteiger partial charge on any atom is 0.0953 e. The van der Waals surface area contributed by atoms with Crippen molar-refractivity contribution in [1.29, 1.82) is 0 Å². The van der Waals surface area contributed by atoms with Crippen LogP contribution < -0.4 is 0 Å². The number of hydrogen-bond donors (Lipinski definition) is 0. The van der Waals surface area contributed by atoms with Crippen LogP contribution in [-0.2, 0) is 5.88 Å². The van der Waals surface area contributed by atoms with Crippen molar-refractivity contribution in [3.05, 3.63) is 18.7 Å². The molecule has 8 heavy (non-hydrogen) atoms. The molecule has 0 bridgehead atoms. The van der Waals surface area contributed by atoms with Crippen molar-refractivity contribution < 1.29 is 0 Å². The van der Waals surface area contributed by atoms with Crippen molar-refractivity contribution in [1.82, 2.24) is 9.55 Å². The molecule has 0 spiro atoms. The zero-order valence-electron chi connectivity index (χ0n) is 4.12. The Balaban J connectivity index is 2.50. The zero-order chi connectivity index (χ0) is 5.82. The van der Waals surface area contributed by atoms with E-state index in [9.17, 15) is 0 Å². The first-order chi connectivity index (χ1) is 3.93. The molecule has 0 amide bonds. The Morgan fingerprint density at radius 3 is 3.12 bits per heavy atom. The van der Waals surface area contributed by atoms with Crippen molar-refractivity contribution in [2.75, 3.05) is 0 Å². The summed E-state index contributed by atoms with van der Waals surface area (Å²) in [7, 11) is 1.75. The van der Waals surface area contributed by atoms with Crippen LogP contribution in [0.1, 0.15) is 0 Å². The van der Waals surface area contributed by atoms with Gasteiger partial charge in [-0.3, -0.25) is 0 Å². The molecular weight excluding hydrogens is 235 g/mol. The fourth-order valence-corrected chi connectivity index (χ4v) is 1.65. The monoisotopic (exact) mass is 240 g/mol. The second-order valence-corrected chi connectivity index (χ2v) is 3.66. The molecule has 0 fully saturated rings. The first kappa shape index (κ1) is 6.41. The number of nitrogens with zero attached hydrogens (tertiary/aromatic N) is 2. The number of hydrogen-bond acceptors (Lipinski definition) is 2. The molecule has 0 aliphatic heterocycles. The van der Waals surface area contributed by atoms with E-state index in [1.54, 1.807) is 15.1 Å². The van der Waals surface area contributed by atoms with E-state index in [2.05, 4.69) is 26.2 Å². The van der Waals surface area contributed by atoms with E-state index in [-0.39, 0.29) is 0 Å². The van der Waals surface area contributed by atoms with Gasteiger partial charge in [-0.15, -0.1) is 0 Å². The van der Waals surface area contributed by atoms with Crippen molar-refractivity contribution in [2.45, 2.75) is 5.88 Å². The van der Waals surface area contributed by atoms with Crippen LogP contribution >= 0.6 is 30.1 Å². The minimum Gasteiger partial charge on any atom is -0.327 e. The largest absolute Gasteiger partial charge is 0.327 e. The summed E-state index contributed by atoms with van der Waals surface area (Å²) in [6.45, 7) is 0. The Bertz CT molecular complexity index is 140. The zero-order valence-corrected chi connectivity index (χ0v) is 7.09. The van der Waals surface area contributed by atoms with Gasteiger partial charge >= 0.3 is 0 Å². The maximum atomic E-state index is 3.89. The van der Waals surface area contributed by atoms with E-state index in [4.69, 9.17) is 0 Å². The number of rotatable bonds is 2. The van der Waals surface area contributed by atoms with Crippen LogP contribution in [0.5, 0.6) is 0 Å². The summed E-state index contributed by atoms with van der Waals surface area (Å²) in [5.74, 6) is 0.987. The lowest BCUT2D eigenvalue weighted by Gasteiger charge is -1.91. The topological polar surface area (TPSA) is 17.8 Å². The Morgan fingerprint density at radius 2 is 2.62 bits per heavy atom. The predicted octanol–water partition coefficient (Wildman–Crippen LogP) is 1.92. The smallest absolute Gasteiger partial charge is 0.0953 e. The van der Waals surface area contributed by atoms with Crippen LogP contribution in [-0.4, -0.2) is 9.55 Å². The van der Waals surface area contributed by atoms with Gasteiger partial charge in [0.1, 0.15) is 0 Å². The minimum atomic E-state index is 0.987.